The van der Waals surface area contributed by atoms with Crippen molar-refractivity contribution in [2.45, 2.75) is 45.4 Å². The van der Waals surface area contributed by atoms with Crippen molar-refractivity contribution in [1.82, 2.24) is 5.32 Å². The van der Waals surface area contributed by atoms with Crippen molar-refractivity contribution in [3.8, 4) is 0 Å². The van der Waals surface area contributed by atoms with Gasteiger partial charge >= 0.3 is 0 Å². The van der Waals surface area contributed by atoms with Crippen LogP contribution in [0.3, 0.4) is 0 Å². The van der Waals surface area contributed by atoms with Crippen LogP contribution in [0.25, 0.3) is 0 Å². The van der Waals surface area contributed by atoms with Crippen molar-refractivity contribution in [2.75, 3.05) is 0 Å². The SMILES string of the molecule is CC(C)c1ccc(CN[C@H](C)[C@@H](O)c2ccccc2)cc1. The number of hydrogen-bond acceptors (Lipinski definition) is 2. The van der Waals surface area contributed by atoms with Gasteiger partial charge in [-0.15, -0.1) is 0 Å². The molecule has 0 aliphatic rings. The van der Waals surface area contributed by atoms with Crippen LogP contribution in [-0.4, -0.2) is 11.1 Å². The van der Waals surface area contributed by atoms with Crippen LogP contribution in [0.15, 0.2) is 54.6 Å². The largest absolute Gasteiger partial charge is 0.387 e. The average Bonchev–Trinajstić information content (AvgIpc) is 2.53. The van der Waals surface area contributed by atoms with Gasteiger partial charge in [0.2, 0.25) is 0 Å². The Hall–Kier alpha value is -1.64. The third-order valence-electron chi connectivity index (χ3n) is 3.89. The van der Waals surface area contributed by atoms with Gasteiger partial charge in [-0.25, -0.2) is 0 Å². The van der Waals surface area contributed by atoms with Crippen LogP contribution in [0.2, 0.25) is 0 Å². The van der Waals surface area contributed by atoms with Crippen molar-refractivity contribution < 1.29 is 5.11 Å². The summed E-state index contributed by atoms with van der Waals surface area (Å²) in [6.07, 6.45) is -0.485. The minimum absolute atomic E-state index is 0.0113. The topological polar surface area (TPSA) is 32.3 Å². The molecule has 0 fully saturated rings. The predicted octanol–water partition coefficient (Wildman–Crippen LogP) is 4.02. The minimum atomic E-state index is -0.485. The summed E-state index contributed by atoms with van der Waals surface area (Å²) >= 11 is 0. The Morgan fingerprint density at radius 2 is 1.48 bits per heavy atom. The van der Waals surface area contributed by atoms with E-state index < -0.39 is 6.10 Å². The first-order valence-electron chi connectivity index (χ1n) is 7.63. The number of benzene rings is 2. The second kappa shape index (κ2) is 7.39. The van der Waals surface area contributed by atoms with E-state index in [4.69, 9.17) is 0 Å². The fourth-order valence-electron chi connectivity index (χ4n) is 2.35. The summed E-state index contributed by atoms with van der Waals surface area (Å²) in [5, 5.41) is 13.7. The summed E-state index contributed by atoms with van der Waals surface area (Å²) in [6, 6.07) is 18.5. The highest BCUT2D eigenvalue weighted by molar-refractivity contribution is 5.25. The van der Waals surface area contributed by atoms with Gasteiger partial charge in [0.1, 0.15) is 0 Å². The van der Waals surface area contributed by atoms with E-state index in [1.54, 1.807) is 0 Å². The first-order valence-corrected chi connectivity index (χ1v) is 7.63. The lowest BCUT2D eigenvalue weighted by Gasteiger charge is -2.21. The smallest absolute Gasteiger partial charge is 0.0940 e. The monoisotopic (exact) mass is 283 g/mol. The lowest BCUT2D eigenvalue weighted by atomic mass is 10.0. The Balaban J connectivity index is 1.90. The molecule has 2 rings (SSSR count). The molecule has 0 unspecified atom stereocenters. The quantitative estimate of drug-likeness (QED) is 0.839. The molecule has 0 aliphatic heterocycles. The molecule has 112 valence electrons. The molecule has 2 aromatic carbocycles. The summed E-state index contributed by atoms with van der Waals surface area (Å²) < 4.78 is 0. The second-order valence-electron chi connectivity index (χ2n) is 5.92. The van der Waals surface area contributed by atoms with Gasteiger partial charge in [0, 0.05) is 12.6 Å². The lowest BCUT2D eigenvalue weighted by Crippen LogP contribution is -2.31. The fourth-order valence-corrected chi connectivity index (χ4v) is 2.35. The van der Waals surface area contributed by atoms with E-state index in [1.807, 2.05) is 37.3 Å². The first-order chi connectivity index (χ1) is 10.1. The van der Waals surface area contributed by atoms with Gasteiger partial charge in [0.05, 0.1) is 6.10 Å². The highest BCUT2D eigenvalue weighted by atomic mass is 16.3. The summed E-state index contributed by atoms with van der Waals surface area (Å²) in [4.78, 5) is 0. The molecule has 2 atom stereocenters. The zero-order chi connectivity index (χ0) is 15.2. The Morgan fingerprint density at radius 1 is 0.857 bits per heavy atom. The molecule has 2 aromatic rings. The van der Waals surface area contributed by atoms with E-state index in [1.165, 1.54) is 11.1 Å². The van der Waals surface area contributed by atoms with Gasteiger partial charge < -0.3 is 10.4 Å². The number of aliphatic hydroxyl groups is 1. The van der Waals surface area contributed by atoms with Crippen LogP contribution >= 0.6 is 0 Å². The maximum atomic E-state index is 10.3. The van der Waals surface area contributed by atoms with Gasteiger partial charge in [-0.2, -0.15) is 0 Å². The lowest BCUT2D eigenvalue weighted by molar-refractivity contribution is 0.135. The third-order valence-corrected chi connectivity index (χ3v) is 3.89. The highest BCUT2D eigenvalue weighted by Gasteiger charge is 2.15. The molecule has 0 heterocycles. The molecule has 2 nitrogen and oxygen atoms in total. The Kier molecular flexibility index (Phi) is 5.54. The van der Waals surface area contributed by atoms with Crippen LogP contribution in [0.4, 0.5) is 0 Å². The van der Waals surface area contributed by atoms with Gasteiger partial charge in [0.15, 0.2) is 0 Å². The number of nitrogens with one attached hydrogen (secondary N) is 1. The van der Waals surface area contributed by atoms with Crippen LogP contribution in [0, 0.1) is 0 Å². The van der Waals surface area contributed by atoms with E-state index >= 15 is 0 Å². The number of rotatable bonds is 6. The molecule has 0 bridgehead atoms. The molecule has 0 amide bonds. The van der Waals surface area contributed by atoms with Crippen LogP contribution in [0.1, 0.15) is 49.5 Å². The molecule has 0 spiro atoms. The minimum Gasteiger partial charge on any atom is -0.387 e. The van der Waals surface area contributed by atoms with Crippen molar-refractivity contribution >= 4 is 0 Å². The molecule has 0 radical (unpaired) electrons. The summed E-state index contributed by atoms with van der Waals surface area (Å²) in [5.41, 5.74) is 3.55. The summed E-state index contributed by atoms with van der Waals surface area (Å²) in [7, 11) is 0. The normalized spacial score (nSPS) is 14.1. The molecule has 0 saturated heterocycles. The molecule has 0 aromatic heterocycles. The van der Waals surface area contributed by atoms with Gasteiger partial charge in [-0.05, 0) is 29.5 Å². The van der Waals surface area contributed by atoms with E-state index in [0.717, 1.165) is 12.1 Å². The maximum absolute atomic E-state index is 10.3. The molecule has 21 heavy (non-hydrogen) atoms. The maximum Gasteiger partial charge on any atom is 0.0940 e. The van der Waals surface area contributed by atoms with Crippen LogP contribution < -0.4 is 5.32 Å². The predicted molar refractivity (Wildman–Crippen MR) is 88.2 cm³/mol. The Labute approximate surface area is 127 Å². The zero-order valence-electron chi connectivity index (χ0n) is 13.1. The standard InChI is InChI=1S/C19H25NO/c1-14(2)17-11-9-16(10-12-17)13-20-15(3)19(21)18-7-5-4-6-8-18/h4-12,14-15,19-21H,13H2,1-3H3/t15-,19-/m1/s1. The molecular weight excluding hydrogens is 258 g/mol. The van der Waals surface area contributed by atoms with E-state index in [-0.39, 0.29) is 6.04 Å². The number of aliphatic hydroxyl groups excluding tert-OH is 1. The van der Waals surface area contributed by atoms with Crippen LogP contribution in [0.5, 0.6) is 0 Å². The van der Waals surface area contributed by atoms with Gasteiger partial charge in [0.25, 0.3) is 0 Å². The molecular formula is C19H25NO. The van der Waals surface area contributed by atoms with Crippen molar-refractivity contribution in [3.05, 3.63) is 71.3 Å². The van der Waals surface area contributed by atoms with Crippen molar-refractivity contribution in [1.29, 1.82) is 0 Å². The van der Waals surface area contributed by atoms with Crippen molar-refractivity contribution in [2.24, 2.45) is 0 Å². The summed E-state index contributed by atoms with van der Waals surface area (Å²) in [5.74, 6) is 0.561. The fraction of sp³-hybridized carbons (Fsp3) is 0.368. The van der Waals surface area contributed by atoms with Gasteiger partial charge in [-0.3, -0.25) is 0 Å². The second-order valence-corrected chi connectivity index (χ2v) is 5.92. The molecule has 2 heteroatoms. The highest BCUT2D eigenvalue weighted by Crippen LogP contribution is 2.17. The Morgan fingerprint density at radius 3 is 2.05 bits per heavy atom. The number of hydrogen-bond donors (Lipinski definition) is 2. The first kappa shape index (κ1) is 15.7. The third kappa shape index (κ3) is 4.42. The molecule has 0 aliphatic carbocycles. The summed E-state index contributed by atoms with van der Waals surface area (Å²) in [6.45, 7) is 7.18. The van der Waals surface area contributed by atoms with Crippen molar-refractivity contribution in [3.63, 3.8) is 0 Å². The zero-order valence-corrected chi connectivity index (χ0v) is 13.1. The molecule has 0 saturated carbocycles. The van der Waals surface area contributed by atoms with E-state index in [2.05, 4.69) is 43.4 Å². The average molecular weight is 283 g/mol. The Bertz CT molecular complexity index is 533. The van der Waals surface area contributed by atoms with E-state index in [0.29, 0.717) is 5.92 Å². The van der Waals surface area contributed by atoms with Crippen LogP contribution in [-0.2, 0) is 6.54 Å². The molecule has 2 N–H and O–H groups in total. The van der Waals surface area contributed by atoms with Gasteiger partial charge in [-0.1, -0.05) is 68.4 Å². The van der Waals surface area contributed by atoms with E-state index in [9.17, 15) is 5.11 Å².